The molecule has 0 bridgehead atoms. The van der Waals surface area contributed by atoms with E-state index in [9.17, 15) is 9.59 Å². The molecule has 0 spiro atoms. The molecule has 1 atom stereocenters. The lowest BCUT2D eigenvalue weighted by atomic mass is 10.1. The molecule has 6 heteroatoms. The van der Waals surface area contributed by atoms with E-state index in [1.54, 1.807) is 20.1 Å². The van der Waals surface area contributed by atoms with Gasteiger partial charge in [-0.15, -0.1) is 11.3 Å². The number of benzene rings is 1. The number of hydrogen-bond acceptors (Lipinski definition) is 4. The maximum Gasteiger partial charge on any atom is 0.326 e. The number of ether oxygens (including phenoxy) is 1. The molecule has 2 aromatic rings. The van der Waals surface area contributed by atoms with Crippen molar-refractivity contribution in [2.24, 2.45) is 0 Å². The summed E-state index contributed by atoms with van der Waals surface area (Å²) in [5.41, 5.74) is 1.95. The highest BCUT2D eigenvalue weighted by Crippen LogP contribution is 2.32. The second-order valence-electron chi connectivity index (χ2n) is 5.08. The van der Waals surface area contributed by atoms with Crippen molar-refractivity contribution >= 4 is 23.2 Å². The average molecular weight is 333 g/mol. The standard InChI is InChI=1S/C17H19NO4S/c1-4-14(17(20)21)18-16(19)15-9-13(10(2)23-15)11-5-7-12(22-3)8-6-11/h5-9,14H,4H2,1-3H3,(H,18,19)(H,20,21). The third-order valence-electron chi connectivity index (χ3n) is 3.55. The highest BCUT2D eigenvalue weighted by molar-refractivity contribution is 7.14. The molecule has 0 radical (unpaired) electrons. The van der Waals surface area contributed by atoms with E-state index in [1.165, 1.54) is 11.3 Å². The smallest absolute Gasteiger partial charge is 0.326 e. The lowest BCUT2D eigenvalue weighted by Crippen LogP contribution is -2.39. The largest absolute Gasteiger partial charge is 0.497 e. The van der Waals surface area contributed by atoms with Gasteiger partial charge in [-0.05, 0) is 42.7 Å². The number of hydrogen-bond donors (Lipinski definition) is 2. The van der Waals surface area contributed by atoms with Crippen molar-refractivity contribution in [2.75, 3.05) is 7.11 Å². The van der Waals surface area contributed by atoms with Crippen LogP contribution in [-0.2, 0) is 4.79 Å². The summed E-state index contributed by atoms with van der Waals surface area (Å²) in [5, 5.41) is 11.6. The van der Waals surface area contributed by atoms with E-state index in [0.29, 0.717) is 11.3 Å². The molecule has 0 fully saturated rings. The van der Waals surface area contributed by atoms with E-state index in [-0.39, 0.29) is 5.91 Å². The quantitative estimate of drug-likeness (QED) is 0.850. The number of aliphatic carboxylic acids is 1. The molecule has 1 unspecified atom stereocenters. The molecule has 122 valence electrons. The van der Waals surface area contributed by atoms with E-state index in [4.69, 9.17) is 9.84 Å². The van der Waals surface area contributed by atoms with E-state index in [0.717, 1.165) is 21.8 Å². The van der Waals surface area contributed by atoms with Crippen molar-refractivity contribution in [1.29, 1.82) is 0 Å². The first kappa shape index (κ1) is 17.0. The zero-order chi connectivity index (χ0) is 17.0. The number of carboxylic acids is 1. The van der Waals surface area contributed by atoms with Crippen LogP contribution in [0.1, 0.15) is 27.9 Å². The van der Waals surface area contributed by atoms with Gasteiger partial charge >= 0.3 is 5.97 Å². The van der Waals surface area contributed by atoms with Crippen LogP contribution in [0.5, 0.6) is 5.75 Å². The molecular formula is C17H19NO4S. The number of carbonyl (C=O) groups is 2. The van der Waals surface area contributed by atoms with Gasteiger partial charge in [0.05, 0.1) is 12.0 Å². The van der Waals surface area contributed by atoms with Gasteiger partial charge in [-0.25, -0.2) is 4.79 Å². The molecule has 0 aliphatic rings. The number of carbonyl (C=O) groups excluding carboxylic acids is 1. The minimum atomic E-state index is -1.02. The van der Waals surface area contributed by atoms with Crippen LogP contribution < -0.4 is 10.1 Å². The predicted molar refractivity (Wildman–Crippen MR) is 90.2 cm³/mol. The summed E-state index contributed by atoms with van der Waals surface area (Å²) in [6.45, 7) is 3.66. The van der Waals surface area contributed by atoms with E-state index in [1.807, 2.05) is 31.2 Å². The van der Waals surface area contributed by atoms with Gasteiger partial charge < -0.3 is 15.2 Å². The van der Waals surface area contributed by atoms with Crippen molar-refractivity contribution in [3.05, 3.63) is 40.1 Å². The van der Waals surface area contributed by atoms with Gasteiger partial charge in [-0.2, -0.15) is 0 Å². The molecule has 5 nitrogen and oxygen atoms in total. The fraction of sp³-hybridized carbons (Fsp3) is 0.294. The van der Waals surface area contributed by atoms with Crippen LogP contribution in [0.3, 0.4) is 0 Å². The zero-order valence-corrected chi connectivity index (χ0v) is 14.1. The summed E-state index contributed by atoms with van der Waals surface area (Å²) in [4.78, 5) is 24.8. The lowest BCUT2D eigenvalue weighted by Gasteiger charge is -2.10. The normalized spacial score (nSPS) is 11.8. The second-order valence-corrected chi connectivity index (χ2v) is 6.34. The molecule has 2 rings (SSSR count). The Balaban J connectivity index is 2.22. The first-order valence-electron chi connectivity index (χ1n) is 7.24. The van der Waals surface area contributed by atoms with Crippen LogP contribution >= 0.6 is 11.3 Å². The van der Waals surface area contributed by atoms with E-state index >= 15 is 0 Å². The minimum Gasteiger partial charge on any atom is -0.497 e. The minimum absolute atomic E-state index is 0.344. The molecule has 23 heavy (non-hydrogen) atoms. The van der Waals surface area contributed by atoms with Crippen molar-refractivity contribution < 1.29 is 19.4 Å². The molecule has 0 saturated carbocycles. The summed E-state index contributed by atoms with van der Waals surface area (Å²) in [7, 11) is 1.61. The lowest BCUT2D eigenvalue weighted by molar-refractivity contribution is -0.139. The van der Waals surface area contributed by atoms with Crippen LogP contribution in [0.2, 0.25) is 0 Å². The SMILES string of the molecule is CCC(NC(=O)c1cc(-c2ccc(OC)cc2)c(C)s1)C(=O)O. The van der Waals surface area contributed by atoms with Gasteiger partial charge in [0, 0.05) is 4.88 Å². The highest BCUT2D eigenvalue weighted by atomic mass is 32.1. The summed E-state index contributed by atoms with van der Waals surface area (Å²) in [6, 6.07) is 8.53. The maximum atomic E-state index is 12.2. The number of carboxylic acid groups (broad SMARTS) is 1. The fourth-order valence-electron chi connectivity index (χ4n) is 2.22. The van der Waals surface area contributed by atoms with Crippen LogP contribution in [0, 0.1) is 6.92 Å². The van der Waals surface area contributed by atoms with Gasteiger partial charge in [-0.3, -0.25) is 4.79 Å². The Morgan fingerprint density at radius 2 is 1.96 bits per heavy atom. The molecule has 1 amide bonds. The molecule has 1 heterocycles. The number of methoxy groups -OCH3 is 1. The van der Waals surface area contributed by atoms with Crippen LogP contribution in [0.15, 0.2) is 30.3 Å². The Labute approximate surface area is 138 Å². The van der Waals surface area contributed by atoms with Gasteiger partial charge in [0.1, 0.15) is 11.8 Å². The second kappa shape index (κ2) is 7.28. The van der Waals surface area contributed by atoms with Crippen LogP contribution in [0.25, 0.3) is 11.1 Å². The molecule has 1 aromatic carbocycles. The summed E-state index contributed by atoms with van der Waals surface area (Å²) < 4.78 is 5.14. The number of aryl methyl sites for hydroxylation is 1. The van der Waals surface area contributed by atoms with E-state index < -0.39 is 12.0 Å². The van der Waals surface area contributed by atoms with Crippen molar-refractivity contribution in [1.82, 2.24) is 5.32 Å². The molecule has 0 saturated heterocycles. The van der Waals surface area contributed by atoms with Crippen LogP contribution in [-0.4, -0.2) is 30.1 Å². The van der Waals surface area contributed by atoms with Gasteiger partial charge in [0.15, 0.2) is 0 Å². The third kappa shape index (κ3) is 3.90. The predicted octanol–water partition coefficient (Wildman–Crippen LogP) is 3.33. The van der Waals surface area contributed by atoms with Crippen molar-refractivity contribution in [3.8, 4) is 16.9 Å². The molecule has 0 aliphatic heterocycles. The summed E-state index contributed by atoms with van der Waals surface area (Å²) in [6.07, 6.45) is 0.344. The number of nitrogens with one attached hydrogen (secondary N) is 1. The average Bonchev–Trinajstić information content (AvgIpc) is 2.94. The molecule has 1 aromatic heterocycles. The van der Waals surface area contributed by atoms with Crippen LogP contribution in [0.4, 0.5) is 0 Å². The molecule has 0 aliphatic carbocycles. The van der Waals surface area contributed by atoms with Gasteiger partial charge in [0.2, 0.25) is 0 Å². The molecule has 2 N–H and O–H groups in total. The first-order chi connectivity index (χ1) is 11.0. The van der Waals surface area contributed by atoms with Gasteiger partial charge in [-0.1, -0.05) is 19.1 Å². The molecular weight excluding hydrogens is 314 g/mol. The van der Waals surface area contributed by atoms with Crippen molar-refractivity contribution in [3.63, 3.8) is 0 Å². The number of thiophene rings is 1. The monoisotopic (exact) mass is 333 g/mol. The number of rotatable bonds is 6. The fourth-order valence-corrected chi connectivity index (χ4v) is 3.16. The zero-order valence-electron chi connectivity index (χ0n) is 13.3. The third-order valence-corrected chi connectivity index (χ3v) is 4.60. The van der Waals surface area contributed by atoms with Crippen molar-refractivity contribution in [2.45, 2.75) is 26.3 Å². The Kier molecular flexibility index (Phi) is 5.39. The Hall–Kier alpha value is -2.34. The van der Waals surface area contributed by atoms with Gasteiger partial charge in [0.25, 0.3) is 5.91 Å². The summed E-state index contributed by atoms with van der Waals surface area (Å²) >= 11 is 1.36. The number of amides is 1. The Morgan fingerprint density at radius 1 is 1.30 bits per heavy atom. The Bertz CT molecular complexity index is 706. The summed E-state index contributed by atoms with van der Waals surface area (Å²) in [5.74, 6) is -0.608. The highest BCUT2D eigenvalue weighted by Gasteiger charge is 2.20. The first-order valence-corrected chi connectivity index (χ1v) is 8.06. The maximum absolute atomic E-state index is 12.2. The van der Waals surface area contributed by atoms with E-state index in [2.05, 4.69) is 5.32 Å². The Morgan fingerprint density at radius 3 is 2.48 bits per heavy atom. The topological polar surface area (TPSA) is 75.6 Å².